The van der Waals surface area contributed by atoms with Crippen molar-refractivity contribution in [3.63, 3.8) is 0 Å². The van der Waals surface area contributed by atoms with Gasteiger partial charge in [-0.25, -0.2) is 4.39 Å². The van der Waals surface area contributed by atoms with Crippen molar-refractivity contribution in [3.8, 4) is 0 Å². The number of hydrogen-bond donors (Lipinski definition) is 0. The number of ketones is 1. The van der Waals surface area contributed by atoms with Gasteiger partial charge in [-0.05, 0) is 44.9 Å². The summed E-state index contributed by atoms with van der Waals surface area (Å²) < 4.78 is 12.9. The molecule has 0 amide bonds. The van der Waals surface area contributed by atoms with Crippen molar-refractivity contribution >= 4 is 5.78 Å². The monoisotopic (exact) mass is 156 g/mol. The molecule has 0 aromatic carbocycles. The Morgan fingerprint density at radius 1 is 1.18 bits per heavy atom. The number of carbonyl (C=O) groups is 1. The molecule has 11 heavy (non-hydrogen) atoms. The van der Waals surface area contributed by atoms with Gasteiger partial charge in [0.1, 0.15) is 5.83 Å². The van der Waals surface area contributed by atoms with Crippen LogP contribution in [0.25, 0.3) is 0 Å². The first-order chi connectivity index (χ1) is 4.95. The quantitative estimate of drug-likeness (QED) is 0.444. The SMILES string of the molecule is CC(=O)/C=C(/C)C(F)=C(C)C. The van der Waals surface area contributed by atoms with Gasteiger partial charge in [-0.1, -0.05) is 0 Å². The van der Waals surface area contributed by atoms with Crippen molar-refractivity contribution < 1.29 is 9.18 Å². The van der Waals surface area contributed by atoms with E-state index < -0.39 is 0 Å². The molecule has 0 saturated carbocycles. The number of allylic oxidation sites excluding steroid dienone is 4. The summed E-state index contributed by atoms with van der Waals surface area (Å²) >= 11 is 0. The zero-order valence-electron chi connectivity index (χ0n) is 7.36. The molecule has 0 aromatic rings. The molecule has 0 fully saturated rings. The third kappa shape index (κ3) is 3.71. The Kier molecular flexibility index (Phi) is 3.72. The molecular weight excluding hydrogens is 143 g/mol. The maximum Gasteiger partial charge on any atom is 0.152 e. The van der Waals surface area contributed by atoms with E-state index in [2.05, 4.69) is 0 Å². The van der Waals surface area contributed by atoms with Gasteiger partial charge >= 0.3 is 0 Å². The van der Waals surface area contributed by atoms with E-state index in [1.807, 2.05) is 0 Å². The van der Waals surface area contributed by atoms with Crippen LogP contribution in [0.15, 0.2) is 23.0 Å². The third-order valence-electron chi connectivity index (χ3n) is 1.20. The molecule has 1 nitrogen and oxygen atoms in total. The van der Waals surface area contributed by atoms with Crippen LogP contribution in [0.5, 0.6) is 0 Å². The molecule has 2 heteroatoms. The van der Waals surface area contributed by atoms with Crippen LogP contribution in [0.4, 0.5) is 4.39 Å². The average Bonchev–Trinajstić information content (AvgIpc) is 1.84. The summed E-state index contributed by atoms with van der Waals surface area (Å²) in [5.41, 5.74) is 0.998. The van der Waals surface area contributed by atoms with Gasteiger partial charge in [0.05, 0.1) is 0 Å². The second kappa shape index (κ2) is 4.06. The normalized spacial score (nSPS) is 11.2. The van der Waals surface area contributed by atoms with E-state index in [9.17, 15) is 9.18 Å². The molecule has 0 radical (unpaired) electrons. The highest BCUT2D eigenvalue weighted by Crippen LogP contribution is 2.14. The first-order valence-corrected chi connectivity index (χ1v) is 3.47. The highest BCUT2D eigenvalue weighted by atomic mass is 19.1. The Bertz CT molecular complexity index is 220. The maximum absolute atomic E-state index is 12.9. The lowest BCUT2D eigenvalue weighted by atomic mass is 10.1. The molecule has 0 spiro atoms. The molecule has 0 aliphatic heterocycles. The lowest BCUT2D eigenvalue weighted by Crippen LogP contribution is -1.87. The summed E-state index contributed by atoms with van der Waals surface area (Å²) in [6, 6.07) is 0. The minimum absolute atomic E-state index is 0.126. The molecule has 0 bridgehead atoms. The molecule has 0 aliphatic carbocycles. The van der Waals surface area contributed by atoms with Crippen molar-refractivity contribution in [2.75, 3.05) is 0 Å². The fraction of sp³-hybridized carbons (Fsp3) is 0.444. The number of rotatable bonds is 2. The summed E-state index contributed by atoms with van der Waals surface area (Å²) in [6.07, 6.45) is 1.29. The highest BCUT2D eigenvalue weighted by molar-refractivity contribution is 5.88. The van der Waals surface area contributed by atoms with Gasteiger partial charge in [0, 0.05) is 0 Å². The van der Waals surface area contributed by atoms with Crippen LogP contribution in [0.3, 0.4) is 0 Å². The fourth-order valence-corrected chi connectivity index (χ4v) is 0.763. The Labute approximate surface area is 66.6 Å². The average molecular weight is 156 g/mol. The van der Waals surface area contributed by atoms with Crippen LogP contribution < -0.4 is 0 Å². The van der Waals surface area contributed by atoms with Crippen LogP contribution in [-0.4, -0.2) is 5.78 Å². The van der Waals surface area contributed by atoms with Gasteiger partial charge in [-0.3, -0.25) is 4.79 Å². The first-order valence-electron chi connectivity index (χ1n) is 3.47. The molecular formula is C9H13FO. The van der Waals surface area contributed by atoms with E-state index in [-0.39, 0.29) is 11.6 Å². The highest BCUT2D eigenvalue weighted by Gasteiger charge is 2.00. The Morgan fingerprint density at radius 3 is 1.91 bits per heavy atom. The van der Waals surface area contributed by atoms with Crippen LogP contribution in [0.1, 0.15) is 27.7 Å². The number of halogens is 1. The van der Waals surface area contributed by atoms with Crippen molar-refractivity contribution in [1.29, 1.82) is 0 Å². The molecule has 0 aliphatic rings. The zero-order chi connectivity index (χ0) is 9.02. The van der Waals surface area contributed by atoms with E-state index in [4.69, 9.17) is 0 Å². The number of carbonyl (C=O) groups excluding carboxylic acids is 1. The van der Waals surface area contributed by atoms with E-state index in [1.54, 1.807) is 20.8 Å². The third-order valence-corrected chi connectivity index (χ3v) is 1.20. The van der Waals surface area contributed by atoms with E-state index in [0.717, 1.165) is 0 Å². The van der Waals surface area contributed by atoms with Crippen molar-refractivity contribution in [1.82, 2.24) is 0 Å². The van der Waals surface area contributed by atoms with E-state index >= 15 is 0 Å². The van der Waals surface area contributed by atoms with Crippen molar-refractivity contribution in [3.05, 3.63) is 23.0 Å². The fourth-order valence-electron chi connectivity index (χ4n) is 0.763. The molecule has 0 saturated heterocycles. The molecule has 0 aromatic heterocycles. The number of hydrogen-bond acceptors (Lipinski definition) is 1. The molecule has 0 atom stereocenters. The van der Waals surface area contributed by atoms with Gasteiger partial charge < -0.3 is 0 Å². The predicted molar refractivity (Wildman–Crippen MR) is 43.9 cm³/mol. The molecule has 0 unspecified atom stereocenters. The second-order valence-corrected chi connectivity index (χ2v) is 2.75. The topological polar surface area (TPSA) is 17.1 Å². The minimum atomic E-state index is -0.291. The van der Waals surface area contributed by atoms with E-state index in [1.165, 1.54) is 13.0 Å². The lowest BCUT2D eigenvalue weighted by Gasteiger charge is -1.97. The smallest absolute Gasteiger partial charge is 0.152 e. The molecule has 0 heterocycles. The Balaban J connectivity index is 4.63. The molecule has 62 valence electrons. The summed E-state index contributed by atoms with van der Waals surface area (Å²) in [4.78, 5) is 10.5. The van der Waals surface area contributed by atoms with Gasteiger partial charge in [-0.15, -0.1) is 0 Å². The predicted octanol–water partition coefficient (Wildman–Crippen LogP) is 2.79. The van der Waals surface area contributed by atoms with Crippen LogP contribution in [-0.2, 0) is 4.79 Å². The lowest BCUT2D eigenvalue weighted by molar-refractivity contribution is -0.112. The van der Waals surface area contributed by atoms with Crippen LogP contribution in [0, 0.1) is 0 Å². The summed E-state index contributed by atoms with van der Waals surface area (Å²) in [5.74, 6) is -0.417. The largest absolute Gasteiger partial charge is 0.295 e. The summed E-state index contributed by atoms with van der Waals surface area (Å²) in [5, 5.41) is 0. The Morgan fingerprint density at radius 2 is 1.64 bits per heavy atom. The maximum atomic E-state index is 12.9. The summed E-state index contributed by atoms with van der Waals surface area (Å²) in [7, 11) is 0. The molecule has 0 rings (SSSR count). The van der Waals surface area contributed by atoms with Crippen molar-refractivity contribution in [2.24, 2.45) is 0 Å². The first kappa shape index (κ1) is 10.1. The van der Waals surface area contributed by atoms with Gasteiger partial charge in [0.15, 0.2) is 5.78 Å². The zero-order valence-corrected chi connectivity index (χ0v) is 7.36. The van der Waals surface area contributed by atoms with E-state index in [0.29, 0.717) is 11.1 Å². The van der Waals surface area contributed by atoms with Crippen LogP contribution >= 0.6 is 0 Å². The minimum Gasteiger partial charge on any atom is -0.295 e. The molecule has 0 N–H and O–H groups in total. The van der Waals surface area contributed by atoms with Gasteiger partial charge in [0.2, 0.25) is 0 Å². The van der Waals surface area contributed by atoms with Crippen LogP contribution in [0.2, 0.25) is 0 Å². The summed E-state index contributed by atoms with van der Waals surface area (Å²) in [6.45, 7) is 6.34. The van der Waals surface area contributed by atoms with Gasteiger partial charge in [0.25, 0.3) is 0 Å². The van der Waals surface area contributed by atoms with Gasteiger partial charge in [-0.2, -0.15) is 0 Å². The standard InChI is InChI=1S/C9H13FO/c1-6(2)9(10)7(3)5-8(4)11/h5H,1-4H3/b7-5-. The Hall–Kier alpha value is -0.920. The second-order valence-electron chi connectivity index (χ2n) is 2.75. The van der Waals surface area contributed by atoms with Crippen molar-refractivity contribution in [2.45, 2.75) is 27.7 Å².